The maximum absolute atomic E-state index is 12.7. The van der Waals surface area contributed by atoms with Crippen LogP contribution in [0.2, 0.25) is 0 Å². The Morgan fingerprint density at radius 3 is 2.43 bits per heavy atom. The topological polar surface area (TPSA) is 37.8 Å². The summed E-state index contributed by atoms with van der Waals surface area (Å²) in [6.07, 6.45) is -7.55. The standard InChI is InChI=1S/C9H7F6N3S3/c1-3(2-4(10)5(11)12)20-8(19)16-7-18-17-6(21-7)9(13,14)15/h3H,2H2,1H3,(H,16,18,19). The third-order valence-corrected chi connectivity index (χ3v) is 4.02. The number of thiocarbonyl (C=S) groups is 1. The van der Waals surface area contributed by atoms with Gasteiger partial charge in [0.15, 0.2) is 5.83 Å². The van der Waals surface area contributed by atoms with Crippen molar-refractivity contribution in [3.05, 3.63) is 16.9 Å². The van der Waals surface area contributed by atoms with Crippen LogP contribution in [0.5, 0.6) is 0 Å². The zero-order chi connectivity index (χ0) is 16.2. The summed E-state index contributed by atoms with van der Waals surface area (Å²) < 4.78 is 73.4. The third-order valence-electron chi connectivity index (χ3n) is 1.86. The quantitative estimate of drug-likeness (QED) is 0.609. The first-order chi connectivity index (χ1) is 9.59. The fourth-order valence-corrected chi connectivity index (χ4v) is 3.14. The van der Waals surface area contributed by atoms with E-state index in [0.717, 1.165) is 11.8 Å². The average molecular weight is 367 g/mol. The SMILES string of the molecule is CC(CC(F)=C(F)F)SC(=S)Nc1nnc(C(F)(F)F)s1. The Kier molecular flexibility index (Phi) is 6.41. The maximum atomic E-state index is 12.7. The molecule has 0 amide bonds. The number of allylic oxidation sites excluding steroid dienone is 1. The van der Waals surface area contributed by atoms with Crippen molar-refractivity contribution in [3.8, 4) is 0 Å². The lowest BCUT2D eigenvalue weighted by Crippen LogP contribution is -2.09. The molecule has 0 saturated carbocycles. The van der Waals surface area contributed by atoms with E-state index < -0.39 is 34.8 Å². The van der Waals surface area contributed by atoms with Crippen LogP contribution in [0.25, 0.3) is 0 Å². The van der Waals surface area contributed by atoms with Crippen LogP contribution in [0, 0.1) is 0 Å². The van der Waals surface area contributed by atoms with Crippen LogP contribution >= 0.6 is 35.3 Å². The molecular formula is C9H7F6N3S3. The summed E-state index contributed by atoms with van der Waals surface area (Å²) in [5, 5.41) is 6.63. The molecule has 1 aromatic rings. The lowest BCUT2D eigenvalue weighted by molar-refractivity contribution is -0.138. The molecule has 1 atom stereocenters. The van der Waals surface area contributed by atoms with Crippen LogP contribution in [-0.2, 0) is 6.18 Å². The average Bonchev–Trinajstić information content (AvgIpc) is 2.76. The van der Waals surface area contributed by atoms with Crippen LogP contribution in [0.3, 0.4) is 0 Å². The Bertz CT molecular complexity index is 537. The summed E-state index contributed by atoms with van der Waals surface area (Å²) in [5.74, 6) is -1.55. The number of thioether (sulfide) groups is 1. The first-order valence-electron chi connectivity index (χ1n) is 5.17. The molecule has 1 N–H and O–H groups in total. The highest BCUT2D eigenvalue weighted by atomic mass is 32.2. The summed E-state index contributed by atoms with van der Waals surface area (Å²) in [7, 11) is 0. The van der Waals surface area contributed by atoms with E-state index in [2.05, 4.69) is 15.5 Å². The minimum Gasteiger partial charge on any atom is -0.316 e. The molecule has 0 spiro atoms. The summed E-state index contributed by atoms with van der Waals surface area (Å²) in [6, 6.07) is 0. The van der Waals surface area contributed by atoms with E-state index in [-0.39, 0.29) is 20.8 Å². The fourth-order valence-electron chi connectivity index (χ4n) is 1.06. The Hall–Kier alpha value is -0.880. The highest BCUT2D eigenvalue weighted by Crippen LogP contribution is 2.33. The van der Waals surface area contributed by atoms with E-state index >= 15 is 0 Å². The summed E-state index contributed by atoms with van der Waals surface area (Å²) in [6.45, 7) is 1.45. The Morgan fingerprint density at radius 1 is 1.33 bits per heavy atom. The number of hydrogen-bond acceptors (Lipinski definition) is 5. The third kappa shape index (κ3) is 6.18. The van der Waals surface area contributed by atoms with Crippen molar-refractivity contribution < 1.29 is 26.3 Å². The predicted octanol–water partition coefficient (Wildman–Crippen LogP) is 4.84. The van der Waals surface area contributed by atoms with Gasteiger partial charge in [0.2, 0.25) is 10.1 Å². The van der Waals surface area contributed by atoms with Gasteiger partial charge < -0.3 is 5.32 Å². The number of rotatable bonds is 4. The Balaban J connectivity index is 2.54. The molecular weight excluding hydrogens is 360 g/mol. The van der Waals surface area contributed by atoms with Crippen LogP contribution < -0.4 is 5.32 Å². The van der Waals surface area contributed by atoms with Crippen LogP contribution in [-0.4, -0.2) is 19.8 Å². The summed E-state index contributed by atoms with van der Waals surface area (Å²) >= 11 is 5.90. The number of aromatic nitrogens is 2. The second-order valence-corrected chi connectivity index (χ2v) is 6.71. The zero-order valence-electron chi connectivity index (χ0n) is 10.2. The Labute approximate surface area is 128 Å². The lowest BCUT2D eigenvalue weighted by Gasteiger charge is -2.10. The molecule has 0 aliphatic carbocycles. The summed E-state index contributed by atoms with van der Waals surface area (Å²) in [4.78, 5) is 0. The largest absolute Gasteiger partial charge is 0.445 e. The number of nitrogens with one attached hydrogen (secondary N) is 1. The van der Waals surface area contributed by atoms with E-state index in [1.807, 2.05) is 0 Å². The van der Waals surface area contributed by atoms with Gasteiger partial charge in [-0.2, -0.15) is 22.0 Å². The van der Waals surface area contributed by atoms with Crippen molar-refractivity contribution in [2.75, 3.05) is 5.32 Å². The summed E-state index contributed by atoms with van der Waals surface area (Å²) in [5.41, 5.74) is 0. The highest BCUT2D eigenvalue weighted by molar-refractivity contribution is 8.23. The van der Waals surface area contributed by atoms with Gasteiger partial charge in [0, 0.05) is 11.7 Å². The van der Waals surface area contributed by atoms with Gasteiger partial charge in [-0.1, -0.05) is 42.2 Å². The molecule has 0 radical (unpaired) electrons. The van der Waals surface area contributed by atoms with Crippen molar-refractivity contribution in [2.24, 2.45) is 0 Å². The molecule has 0 fully saturated rings. The lowest BCUT2D eigenvalue weighted by atomic mass is 10.3. The van der Waals surface area contributed by atoms with Crippen LogP contribution in [0.1, 0.15) is 18.4 Å². The molecule has 3 nitrogen and oxygen atoms in total. The van der Waals surface area contributed by atoms with Crippen molar-refractivity contribution in [1.82, 2.24) is 10.2 Å². The number of alkyl halides is 3. The minimum absolute atomic E-state index is 0.0144. The monoisotopic (exact) mass is 367 g/mol. The molecule has 0 bridgehead atoms. The van der Waals surface area contributed by atoms with Crippen molar-refractivity contribution in [2.45, 2.75) is 24.8 Å². The minimum atomic E-state index is -4.60. The Morgan fingerprint density at radius 2 is 1.95 bits per heavy atom. The van der Waals surface area contributed by atoms with E-state index in [1.54, 1.807) is 0 Å². The molecule has 1 rings (SSSR count). The molecule has 1 aromatic heterocycles. The molecule has 12 heteroatoms. The molecule has 0 aromatic carbocycles. The van der Waals surface area contributed by atoms with Gasteiger partial charge in [-0.25, -0.2) is 4.39 Å². The second-order valence-electron chi connectivity index (χ2n) is 3.62. The molecule has 118 valence electrons. The molecule has 1 unspecified atom stereocenters. The van der Waals surface area contributed by atoms with E-state index in [1.165, 1.54) is 6.92 Å². The van der Waals surface area contributed by atoms with Gasteiger partial charge >= 0.3 is 12.3 Å². The predicted molar refractivity (Wildman–Crippen MR) is 73.2 cm³/mol. The van der Waals surface area contributed by atoms with Gasteiger partial charge in [-0.3, -0.25) is 0 Å². The van der Waals surface area contributed by atoms with Crippen LogP contribution in [0.15, 0.2) is 11.9 Å². The van der Waals surface area contributed by atoms with E-state index in [9.17, 15) is 26.3 Å². The zero-order valence-corrected chi connectivity index (χ0v) is 12.6. The molecule has 1 heterocycles. The van der Waals surface area contributed by atoms with E-state index in [0.29, 0.717) is 0 Å². The highest BCUT2D eigenvalue weighted by Gasteiger charge is 2.35. The van der Waals surface area contributed by atoms with Crippen molar-refractivity contribution >= 4 is 44.8 Å². The first-order valence-corrected chi connectivity index (χ1v) is 7.28. The van der Waals surface area contributed by atoms with Crippen LogP contribution in [0.4, 0.5) is 31.5 Å². The second kappa shape index (κ2) is 7.40. The number of anilines is 1. The number of nitrogens with zero attached hydrogens (tertiary/aromatic N) is 2. The molecule has 0 aliphatic rings. The van der Waals surface area contributed by atoms with Gasteiger partial charge in [0.25, 0.3) is 0 Å². The number of halogens is 6. The first kappa shape index (κ1) is 18.2. The van der Waals surface area contributed by atoms with Gasteiger partial charge in [-0.15, -0.1) is 10.2 Å². The van der Waals surface area contributed by atoms with Crippen molar-refractivity contribution in [3.63, 3.8) is 0 Å². The molecule has 0 saturated heterocycles. The smallest absolute Gasteiger partial charge is 0.316 e. The van der Waals surface area contributed by atoms with Gasteiger partial charge in [0.05, 0.1) is 0 Å². The van der Waals surface area contributed by atoms with E-state index in [4.69, 9.17) is 12.2 Å². The van der Waals surface area contributed by atoms with Gasteiger partial charge in [-0.05, 0) is 0 Å². The fraction of sp³-hybridized carbons (Fsp3) is 0.444. The van der Waals surface area contributed by atoms with Gasteiger partial charge in [0.1, 0.15) is 4.32 Å². The number of hydrogen-bond donors (Lipinski definition) is 1. The molecule has 0 aliphatic heterocycles. The maximum Gasteiger partial charge on any atom is 0.445 e. The molecule has 21 heavy (non-hydrogen) atoms. The normalized spacial score (nSPS) is 12.9. The van der Waals surface area contributed by atoms with Crippen molar-refractivity contribution in [1.29, 1.82) is 0 Å².